The molecule has 1 N–H and O–H groups in total. The van der Waals surface area contributed by atoms with Crippen molar-refractivity contribution >= 4 is 21.7 Å². The van der Waals surface area contributed by atoms with E-state index in [1.165, 1.54) is 6.07 Å². The number of nitrogens with zero attached hydrogens (tertiary/aromatic N) is 1. The summed E-state index contributed by atoms with van der Waals surface area (Å²) in [6.45, 7) is 3.68. The van der Waals surface area contributed by atoms with E-state index in [9.17, 15) is 13.2 Å². The summed E-state index contributed by atoms with van der Waals surface area (Å²) in [6, 6.07) is 4.45. The highest BCUT2D eigenvalue weighted by Gasteiger charge is 2.36. The molecule has 1 aliphatic rings. The van der Waals surface area contributed by atoms with Crippen molar-refractivity contribution in [2.45, 2.75) is 25.2 Å². The van der Waals surface area contributed by atoms with Gasteiger partial charge in [-0.05, 0) is 25.0 Å². The van der Waals surface area contributed by atoms with Crippen molar-refractivity contribution in [1.82, 2.24) is 4.31 Å². The Hall–Kier alpha value is -1.56. The van der Waals surface area contributed by atoms with Crippen LogP contribution in [0.15, 0.2) is 23.1 Å². The number of carbonyl (C=O) groups is 1. The summed E-state index contributed by atoms with van der Waals surface area (Å²) in [4.78, 5) is 11.9. The summed E-state index contributed by atoms with van der Waals surface area (Å²) in [6.07, 6.45) is 0.672. The maximum Gasteiger partial charge on any atom is 0.335 e. The van der Waals surface area contributed by atoms with E-state index >= 15 is 0 Å². The molecule has 0 aliphatic carbocycles. The Morgan fingerprint density at radius 3 is 2.59 bits per heavy atom. The van der Waals surface area contributed by atoms with Crippen LogP contribution in [0, 0.1) is 0 Å². The Kier molecular flexibility index (Phi) is 2.82. The number of rotatable bonds is 2. The van der Waals surface area contributed by atoms with E-state index in [4.69, 9.17) is 0 Å². The minimum absolute atomic E-state index is 0.129. The van der Waals surface area contributed by atoms with Gasteiger partial charge in [-0.3, -0.25) is 0 Å². The average molecular weight is 254 g/mol. The van der Waals surface area contributed by atoms with Crippen LogP contribution in [-0.4, -0.2) is 25.3 Å². The lowest BCUT2D eigenvalue weighted by atomic mass is 10.1. The summed E-state index contributed by atoms with van der Waals surface area (Å²) in [5.41, 5.74) is 1.25. The molecular formula is C11H14N2O3S. The minimum atomic E-state index is -3.69. The molecule has 0 saturated carbocycles. The van der Waals surface area contributed by atoms with E-state index in [0.717, 1.165) is 9.87 Å². The second-order valence-electron chi connectivity index (χ2n) is 3.74. The molecule has 0 spiro atoms. The number of benzene rings is 1. The topological polar surface area (TPSA) is 66.5 Å². The lowest BCUT2D eigenvalue weighted by Crippen LogP contribution is -2.44. The zero-order valence-corrected chi connectivity index (χ0v) is 10.5. The van der Waals surface area contributed by atoms with E-state index in [1.54, 1.807) is 13.0 Å². The summed E-state index contributed by atoms with van der Waals surface area (Å²) in [7, 11) is -3.69. The first-order valence-electron chi connectivity index (χ1n) is 5.48. The highest BCUT2D eigenvalue weighted by atomic mass is 32.2. The molecule has 0 fully saturated rings. The number of aryl methyl sites for hydroxylation is 1. The van der Waals surface area contributed by atoms with Crippen LogP contribution in [0.25, 0.3) is 0 Å². The molecule has 1 heterocycles. The minimum Gasteiger partial charge on any atom is -0.305 e. The van der Waals surface area contributed by atoms with Crippen LogP contribution in [0.1, 0.15) is 19.4 Å². The van der Waals surface area contributed by atoms with Crippen LogP contribution in [0.3, 0.4) is 0 Å². The maximum atomic E-state index is 12.2. The lowest BCUT2D eigenvalue weighted by Gasteiger charge is -2.28. The molecule has 0 unspecified atom stereocenters. The van der Waals surface area contributed by atoms with Gasteiger partial charge < -0.3 is 5.32 Å². The van der Waals surface area contributed by atoms with E-state index in [0.29, 0.717) is 12.1 Å². The molecule has 0 aromatic heterocycles. The number of hydrogen-bond acceptors (Lipinski definition) is 3. The van der Waals surface area contributed by atoms with Gasteiger partial charge in [0.1, 0.15) is 4.90 Å². The van der Waals surface area contributed by atoms with Crippen LogP contribution in [0.2, 0.25) is 0 Å². The van der Waals surface area contributed by atoms with Crippen LogP contribution in [0.5, 0.6) is 0 Å². The third-order valence-corrected chi connectivity index (χ3v) is 4.71. The molecule has 2 rings (SSSR count). The third-order valence-electron chi connectivity index (χ3n) is 2.81. The van der Waals surface area contributed by atoms with Gasteiger partial charge in [-0.1, -0.05) is 19.1 Å². The molecule has 5 nitrogen and oxygen atoms in total. The molecule has 2 amide bonds. The van der Waals surface area contributed by atoms with Crippen molar-refractivity contribution in [3.63, 3.8) is 0 Å². The third kappa shape index (κ3) is 1.68. The SMILES string of the molecule is CCc1cccc2c1NC(=O)N(CC)S2(=O)=O. The molecule has 17 heavy (non-hydrogen) atoms. The Morgan fingerprint density at radius 2 is 2.00 bits per heavy atom. The number of amides is 2. The zero-order valence-electron chi connectivity index (χ0n) is 9.73. The Bertz CT molecular complexity index is 566. The number of para-hydroxylation sites is 1. The number of anilines is 1. The quantitative estimate of drug-likeness (QED) is 0.875. The summed E-state index contributed by atoms with van der Waals surface area (Å²) < 4.78 is 25.2. The highest BCUT2D eigenvalue weighted by molar-refractivity contribution is 7.90. The van der Waals surface area contributed by atoms with E-state index < -0.39 is 16.1 Å². The average Bonchev–Trinajstić information content (AvgIpc) is 2.28. The molecule has 0 bridgehead atoms. The maximum absolute atomic E-state index is 12.2. The van der Waals surface area contributed by atoms with Gasteiger partial charge in [-0.25, -0.2) is 17.5 Å². The van der Waals surface area contributed by atoms with Crippen molar-refractivity contribution in [3.8, 4) is 0 Å². The fourth-order valence-electron chi connectivity index (χ4n) is 1.94. The van der Waals surface area contributed by atoms with Gasteiger partial charge in [0.2, 0.25) is 0 Å². The Balaban J connectivity index is 2.70. The fourth-order valence-corrected chi connectivity index (χ4v) is 3.47. The van der Waals surface area contributed by atoms with Crippen molar-refractivity contribution in [1.29, 1.82) is 0 Å². The van der Waals surface area contributed by atoms with Gasteiger partial charge in [0, 0.05) is 6.54 Å². The van der Waals surface area contributed by atoms with Crippen LogP contribution < -0.4 is 5.32 Å². The van der Waals surface area contributed by atoms with E-state index in [-0.39, 0.29) is 11.4 Å². The van der Waals surface area contributed by atoms with Crippen LogP contribution in [0.4, 0.5) is 10.5 Å². The number of nitrogens with one attached hydrogen (secondary N) is 1. The number of sulfonamides is 1. The van der Waals surface area contributed by atoms with Crippen molar-refractivity contribution < 1.29 is 13.2 Å². The highest BCUT2D eigenvalue weighted by Crippen LogP contribution is 2.32. The second kappa shape index (κ2) is 4.03. The molecular weight excluding hydrogens is 240 g/mol. The normalized spacial score (nSPS) is 17.5. The van der Waals surface area contributed by atoms with Crippen molar-refractivity contribution in [2.24, 2.45) is 0 Å². The lowest BCUT2D eigenvalue weighted by molar-refractivity contribution is 0.236. The number of hydrogen-bond donors (Lipinski definition) is 1. The molecule has 92 valence electrons. The first-order valence-corrected chi connectivity index (χ1v) is 6.92. The molecule has 0 atom stereocenters. The summed E-state index contributed by atoms with van der Waals surface area (Å²) in [5.74, 6) is 0. The standard InChI is InChI=1S/C11H14N2O3S/c1-3-8-6-5-7-9-10(8)12-11(14)13(4-2)17(9,15)16/h5-7H,3-4H2,1-2H3,(H,12,14). The van der Waals surface area contributed by atoms with Crippen LogP contribution in [-0.2, 0) is 16.4 Å². The molecule has 0 radical (unpaired) electrons. The van der Waals surface area contributed by atoms with Gasteiger partial charge in [-0.2, -0.15) is 0 Å². The van der Waals surface area contributed by atoms with Crippen molar-refractivity contribution in [2.75, 3.05) is 11.9 Å². The molecule has 1 aliphatic heterocycles. The number of fused-ring (bicyclic) bond motifs is 1. The predicted molar refractivity (Wildman–Crippen MR) is 64.4 cm³/mol. The monoisotopic (exact) mass is 254 g/mol. The predicted octanol–water partition coefficient (Wildman–Crippen LogP) is 1.81. The summed E-state index contributed by atoms with van der Waals surface area (Å²) >= 11 is 0. The van der Waals surface area contributed by atoms with E-state index in [2.05, 4.69) is 5.32 Å². The van der Waals surface area contributed by atoms with Gasteiger partial charge in [0.05, 0.1) is 5.69 Å². The molecule has 6 heteroatoms. The molecule has 1 aromatic carbocycles. The first kappa shape index (κ1) is 11.9. The Morgan fingerprint density at radius 1 is 1.29 bits per heavy atom. The zero-order chi connectivity index (χ0) is 12.6. The Labute approximate surface area is 100 Å². The largest absolute Gasteiger partial charge is 0.335 e. The molecule has 0 saturated heterocycles. The van der Waals surface area contributed by atoms with Gasteiger partial charge in [0.25, 0.3) is 10.0 Å². The smallest absolute Gasteiger partial charge is 0.305 e. The van der Waals surface area contributed by atoms with E-state index in [1.807, 2.05) is 13.0 Å². The van der Waals surface area contributed by atoms with Gasteiger partial charge in [0.15, 0.2) is 0 Å². The fraction of sp³-hybridized carbons (Fsp3) is 0.364. The summed E-state index contributed by atoms with van der Waals surface area (Å²) in [5, 5.41) is 2.64. The number of urea groups is 1. The number of carbonyl (C=O) groups excluding carboxylic acids is 1. The van der Waals surface area contributed by atoms with Gasteiger partial charge >= 0.3 is 6.03 Å². The second-order valence-corrected chi connectivity index (χ2v) is 5.57. The molecule has 1 aromatic rings. The first-order chi connectivity index (χ1) is 8.02. The van der Waals surface area contributed by atoms with Crippen LogP contribution >= 0.6 is 0 Å². The van der Waals surface area contributed by atoms with Crippen molar-refractivity contribution in [3.05, 3.63) is 23.8 Å². The van der Waals surface area contributed by atoms with Gasteiger partial charge in [-0.15, -0.1) is 0 Å².